The summed E-state index contributed by atoms with van der Waals surface area (Å²) in [5.74, 6) is 0. The van der Waals surface area contributed by atoms with Gasteiger partial charge in [0.15, 0.2) is 0 Å². The maximum absolute atomic E-state index is 4.07. The second-order valence-electron chi connectivity index (χ2n) is 6.81. The fourth-order valence-corrected chi connectivity index (χ4v) is 2.92. The zero-order chi connectivity index (χ0) is 14.4. The maximum atomic E-state index is 4.07. The molecule has 1 aromatic heterocycles. The van der Waals surface area contributed by atoms with E-state index in [4.69, 9.17) is 0 Å². The number of nitrogens with zero attached hydrogens (tertiary/aromatic N) is 3. The van der Waals surface area contributed by atoms with Crippen molar-refractivity contribution in [1.29, 1.82) is 0 Å². The molecule has 0 unspecified atom stereocenters. The zero-order valence-corrected chi connectivity index (χ0v) is 13.3. The second-order valence-corrected chi connectivity index (χ2v) is 6.81. The number of aromatic nitrogens is 1. The van der Waals surface area contributed by atoms with E-state index in [-0.39, 0.29) is 0 Å². The lowest BCUT2D eigenvalue weighted by Gasteiger charge is -2.34. The first kappa shape index (κ1) is 15.5. The van der Waals surface area contributed by atoms with Gasteiger partial charge in [-0.2, -0.15) is 0 Å². The lowest BCUT2D eigenvalue weighted by Crippen LogP contribution is -2.43. The van der Waals surface area contributed by atoms with E-state index >= 15 is 0 Å². The highest BCUT2D eigenvalue weighted by atomic mass is 15.2. The van der Waals surface area contributed by atoms with Gasteiger partial charge in [-0.1, -0.05) is 0 Å². The molecule has 1 aliphatic heterocycles. The molecule has 3 nitrogen and oxygen atoms in total. The first-order chi connectivity index (χ1) is 9.55. The third-order valence-corrected chi connectivity index (χ3v) is 4.23. The van der Waals surface area contributed by atoms with Crippen LogP contribution >= 0.6 is 0 Å². The minimum Gasteiger partial charge on any atom is -0.302 e. The highest BCUT2D eigenvalue weighted by Crippen LogP contribution is 2.16. The Morgan fingerprint density at radius 1 is 1.05 bits per heavy atom. The number of aryl methyl sites for hydroxylation is 1. The van der Waals surface area contributed by atoms with Crippen molar-refractivity contribution in [3.05, 3.63) is 30.1 Å². The average Bonchev–Trinajstić information content (AvgIpc) is 2.65. The van der Waals surface area contributed by atoms with E-state index in [0.29, 0.717) is 5.54 Å². The molecule has 2 heterocycles. The van der Waals surface area contributed by atoms with Gasteiger partial charge in [0.25, 0.3) is 0 Å². The van der Waals surface area contributed by atoms with Gasteiger partial charge < -0.3 is 4.90 Å². The Balaban J connectivity index is 1.72. The van der Waals surface area contributed by atoms with Crippen molar-refractivity contribution in [3.8, 4) is 0 Å². The van der Waals surface area contributed by atoms with Crippen LogP contribution in [0.2, 0.25) is 0 Å². The second kappa shape index (κ2) is 7.19. The fourth-order valence-electron chi connectivity index (χ4n) is 2.92. The molecule has 0 atom stereocenters. The molecular weight excluding hydrogens is 246 g/mol. The summed E-state index contributed by atoms with van der Waals surface area (Å²) < 4.78 is 0. The summed E-state index contributed by atoms with van der Waals surface area (Å²) in [4.78, 5) is 9.32. The van der Waals surface area contributed by atoms with Crippen molar-refractivity contribution in [3.63, 3.8) is 0 Å². The van der Waals surface area contributed by atoms with Gasteiger partial charge in [0.1, 0.15) is 0 Å². The van der Waals surface area contributed by atoms with Crippen LogP contribution in [-0.2, 0) is 6.42 Å². The molecule has 1 fully saturated rings. The predicted octanol–water partition coefficient (Wildman–Crippen LogP) is 2.82. The molecule has 0 N–H and O–H groups in total. The number of rotatable bonds is 4. The Kier molecular flexibility index (Phi) is 5.55. The largest absolute Gasteiger partial charge is 0.302 e. The Labute approximate surface area is 124 Å². The van der Waals surface area contributed by atoms with Crippen LogP contribution in [0.15, 0.2) is 24.5 Å². The molecule has 0 amide bonds. The molecule has 0 bridgehead atoms. The van der Waals surface area contributed by atoms with Crippen LogP contribution in [0, 0.1) is 0 Å². The van der Waals surface area contributed by atoms with Crippen LogP contribution in [-0.4, -0.2) is 53.0 Å². The molecule has 3 heteroatoms. The Morgan fingerprint density at radius 3 is 2.50 bits per heavy atom. The van der Waals surface area contributed by atoms with E-state index in [9.17, 15) is 0 Å². The number of pyridine rings is 1. The van der Waals surface area contributed by atoms with Gasteiger partial charge in [-0.15, -0.1) is 0 Å². The van der Waals surface area contributed by atoms with Crippen molar-refractivity contribution in [2.45, 2.75) is 45.6 Å². The summed E-state index contributed by atoms with van der Waals surface area (Å²) in [7, 11) is 0. The lowest BCUT2D eigenvalue weighted by molar-refractivity contribution is 0.140. The zero-order valence-electron chi connectivity index (χ0n) is 13.3. The van der Waals surface area contributed by atoms with Crippen LogP contribution in [0.25, 0.3) is 0 Å². The average molecular weight is 275 g/mol. The quantitative estimate of drug-likeness (QED) is 0.842. The van der Waals surface area contributed by atoms with E-state index in [1.807, 2.05) is 12.4 Å². The molecule has 1 saturated heterocycles. The van der Waals surface area contributed by atoms with Gasteiger partial charge in [-0.25, -0.2) is 0 Å². The van der Waals surface area contributed by atoms with Crippen LogP contribution in [0.3, 0.4) is 0 Å². The SMILES string of the molecule is CC(C)(C)N1CCCN(CCCc2ccncc2)CC1. The van der Waals surface area contributed by atoms with Crippen LogP contribution in [0.5, 0.6) is 0 Å². The summed E-state index contributed by atoms with van der Waals surface area (Å²) in [6.07, 6.45) is 7.50. The third-order valence-electron chi connectivity index (χ3n) is 4.23. The monoisotopic (exact) mass is 275 g/mol. The molecule has 0 spiro atoms. The number of hydrogen-bond acceptors (Lipinski definition) is 3. The molecule has 1 aliphatic rings. The summed E-state index contributed by atoms with van der Waals surface area (Å²) >= 11 is 0. The molecular formula is C17H29N3. The van der Waals surface area contributed by atoms with Gasteiger partial charge in [0.05, 0.1) is 0 Å². The van der Waals surface area contributed by atoms with Crippen molar-refractivity contribution in [1.82, 2.24) is 14.8 Å². The normalized spacial score (nSPS) is 18.9. The highest BCUT2D eigenvalue weighted by molar-refractivity contribution is 5.09. The topological polar surface area (TPSA) is 19.4 Å². The minimum absolute atomic E-state index is 0.313. The van der Waals surface area contributed by atoms with Gasteiger partial charge in [-0.3, -0.25) is 9.88 Å². The van der Waals surface area contributed by atoms with E-state index in [0.717, 1.165) is 0 Å². The molecule has 2 rings (SSSR count). The Morgan fingerprint density at radius 2 is 1.80 bits per heavy atom. The van der Waals surface area contributed by atoms with Crippen molar-refractivity contribution >= 4 is 0 Å². The summed E-state index contributed by atoms with van der Waals surface area (Å²) in [6.45, 7) is 13.1. The van der Waals surface area contributed by atoms with Gasteiger partial charge in [0.2, 0.25) is 0 Å². The molecule has 0 aromatic carbocycles. The van der Waals surface area contributed by atoms with E-state index in [2.05, 4.69) is 47.7 Å². The summed E-state index contributed by atoms with van der Waals surface area (Å²) in [5.41, 5.74) is 1.72. The van der Waals surface area contributed by atoms with E-state index < -0.39 is 0 Å². The minimum atomic E-state index is 0.313. The van der Waals surface area contributed by atoms with Crippen molar-refractivity contribution in [2.75, 3.05) is 32.7 Å². The fraction of sp³-hybridized carbons (Fsp3) is 0.706. The third kappa shape index (κ3) is 4.88. The van der Waals surface area contributed by atoms with Crippen molar-refractivity contribution in [2.24, 2.45) is 0 Å². The Bertz CT molecular complexity index is 383. The van der Waals surface area contributed by atoms with E-state index in [1.54, 1.807) is 0 Å². The van der Waals surface area contributed by atoms with Crippen molar-refractivity contribution < 1.29 is 0 Å². The lowest BCUT2D eigenvalue weighted by atomic mass is 10.1. The highest BCUT2D eigenvalue weighted by Gasteiger charge is 2.23. The van der Waals surface area contributed by atoms with Crippen LogP contribution < -0.4 is 0 Å². The molecule has 0 aliphatic carbocycles. The maximum Gasteiger partial charge on any atom is 0.0270 e. The summed E-state index contributed by atoms with van der Waals surface area (Å²) in [5, 5.41) is 0. The van der Waals surface area contributed by atoms with Gasteiger partial charge >= 0.3 is 0 Å². The summed E-state index contributed by atoms with van der Waals surface area (Å²) in [6, 6.07) is 4.26. The van der Waals surface area contributed by atoms with Crippen LogP contribution in [0.4, 0.5) is 0 Å². The first-order valence-electron chi connectivity index (χ1n) is 7.92. The molecule has 0 saturated carbocycles. The molecule has 0 radical (unpaired) electrons. The van der Waals surface area contributed by atoms with E-state index in [1.165, 1.54) is 57.5 Å². The smallest absolute Gasteiger partial charge is 0.0270 e. The first-order valence-corrected chi connectivity index (χ1v) is 7.92. The van der Waals surface area contributed by atoms with Crippen LogP contribution in [0.1, 0.15) is 39.2 Å². The molecule has 20 heavy (non-hydrogen) atoms. The predicted molar refractivity (Wildman–Crippen MR) is 84.9 cm³/mol. The van der Waals surface area contributed by atoms with Gasteiger partial charge in [0, 0.05) is 31.0 Å². The molecule has 1 aromatic rings. The van der Waals surface area contributed by atoms with Gasteiger partial charge in [-0.05, 0) is 77.4 Å². The molecule has 112 valence electrons. The Hall–Kier alpha value is -0.930. The standard InChI is InChI=1S/C17H29N3/c1-17(2,3)20-13-5-12-19(14-15-20)11-4-6-16-7-9-18-10-8-16/h7-10H,4-6,11-15H2,1-3H3. The number of hydrogen-bond donors (Lipinski definition) is 0.